The van der Waals surface area contributed by atoms with E-state index in [-0.39, 0.29) is 5.91 Å². The molecule has 6 nitrogen and oxygen atoms in total. The van der Waals surface area contributed by atoms with Crippen LogP contribution in [0.5, 0.6) is 0 Å². The third kappa shape index (κ3) is 1.52. The zero-order valence-corrected chi connectivity index (χ0v) is 6.20. The fourth-order valence-corrected chi connectivity index (χ4v) is 0.918. The Morgan fingerprint density at radius 3 is 3.18 bits per heavy atom. The lowest BCUT2D eigenvalue weighted by Gasteiger charge is -2.26. The van der Waals surface area contributed by atoms with Gasteiger partial charge in [-0.3, -0.25) is 10.1 Å². The molecule has 0 spiro atoms. The van der Waals surface area contributed by atoms with Crippen molar-refractivity contribution in [3.05, 3.63) is 0 Å². The molecule has 1 unspecified atom stereocenters. The predicted molar refractivity (Wildman–Crippen MR) is 35.7 cm³/mol. The average Bonchev–Trinajstić information content (AvgIpc) is 2.05. The second kappa shape index (κ2) is 3.40. The van der Waals surface area contributed by atoms with Crippen molar-refractivity contribution in [2.24, 2.45) is 5.22 Å². The molecule has 1 rings (SSSR count). The van der Waals surface area contributed by atoms with E-state index in [0.717, 1.165) is 5.01 Å². The quantitative estimate of drug-likeness (QED) is 0.523. The molecule has 0 bridgehead atoms. The summed E-state index contributed by atoms with van der Waals surface area (Å²) in [5.74, 6) is -0.311. The van der Waals surface area contributed by atoms with Gasteiger partial charge < -0.3 is 4.74 Å². The lowest BCUT2D eigenvalue weighted by molar-refractivity contribution is -0.148. The number of hydrogen-bond acceptors (Lipinski definition) is 5. The minimum atomic E-state index is -0.641. The summed E-state index contributed by atoms with van der Waals surface area (Å²) < 4.78 is 4.79. The van der Waals surface area contributed by atoms with E-state index >= 15 is 0 Å². The Labute approximate surface area is 64.0 Å². The van der Waals surface area contributed by atoms with Crippen LogP contribution in [0.25, 0.3) is 0 Å². The van der Waals surface area contributed by atoms with Crippen LogP contribution >= 0.6 is 0 Å². The average molecular weight is 158 g/mol. The van der Waals surface area contributed by atoms with Gasteiger partial charge in [-0.2, -0.15) is 5.53 Å². The van der Waals surface area contributed by atoms with Crippen molar-refractivity contribution in [3.8, 4) is 0 Å². The van der Waals surface area contributed by atoms with Crippen LogP contribution in [0.4, 0.5) is 0 Å². The summed E-state index contributed by atoms with van der Waals surface area (Å²) in [7, 11) is 1.43. The lowest BCUT2D eigenvalue weighted by atomic mass is 10.4. The normalized spacial score (nSPS) is 25.4. The number of carbonyl (C=O) groups excluding carboxylic acids is 1. The van der Waals surface area contributed by atoms with Gasteiger partial charge in [0.05, 0.1) is 6.54 Å². The molecule has 1 aliphatic rings. The maximum Gasteiger partial charge on any atom is 0.288 e. The first-order chi connectivity index (χ1) is 5.29. The van der Waals surface area contributed by atoms with Crippen molar-refractivity contribution in [1.82, 2.24) is 10.3 Å². The number of nitrogens with zero attached hydrogens (tertiary/aromatic N) is 2. The van der Waals surface area contributed by atoms with Gasteiger partial charge in [-0.1, -0.05) is 5.22 Å². The van der Waals surface area contributed by atoms with Crippen molar-refractivity contribution < 1.29 is 9.53 Å². The van der Waals surface area contributed by atoms with E-state index in [1.165, 1.54) is 7.11 Å². The number of methoxy groups -OCH3 is 1. The molecular formula is C5H10N4O2. The number of ether oxygens (including phenoxy) is 1. The summed E-state index contributed by atoms with van der Waals surface area (Å²) >= 11 is 0. The molecule has 0 aromatic carbocycles. The van der Waals surface area contributed by atoms with Gasteiger partial charge in [-0.05, 0) is 0 Å². The van der Waals surface area contributed by atoms with Crippen LogP contribution in [0, 0.1) is 5.53 Å². The molecule has 1 atom stereocenters. The van der Waals surface area contributed by atoms with Crippen LogP contribution in [0.2, 0.25) is 0 Å². The first-order valence-electron chi connectivity index (χ1n) is 3.24. The number of amides is 1. The smallest absolute Gasteiger partial charge is 0.288 e. The first kappa shape index (κ1) is 8.09. The summed E-state index contributed by atoms with van der Waals surface area (Å²) in [4.78, 5) is 11.1. The zero-order chi connectivity index (χ0) is 8.27. The van der Waals surface area contributed by atoms with E-state index in [0.29, 0.717) is 13.1 Å². The third-order valence-corrected chi connectivity index (χ3v) is 1.49. The SMILES string of the molecule is COC1NCCN(N=N)C1=O. The minimum absolute atomic E-state index is 0.311. The van der Waals surface area contributed by atoms with Crippen molar-refractivity contribution in [2.45, 2.75) is 6.23 Å². The summed E-state index contributed by atoms with van der Waals surface area (Å²) in [5.41, 5.74) is 6.64. The molecule has 1 fully saturated rings. The Hall–Kier alpha value is -1.01. The van der Waals surface area contributed by atoms with Gasteiger partial charge in [0, 0.05) is 13.7 Å². The Bertz CT molecular complexity index is 172. The summed E-state index contributed by atoms with van der Waals surface area (Å²) in [6, 6.07) is 0. The predicted octanol–water partition coefficient (Wildman–Crippen LogP) is -0.663. The van der Waals surface area contributed by atoms with E-state index < -0.39 is 6.23 Å². The van der Waals surface area contributed by atoms with Crippen LogP contribution < -0.4 is 5.32 Å². The van der Waals surface area contributed by atoms with Crippen molar-refractivity contribution in [2.75, 3.05) is 20.2 Å². The molecule has 0 saturated carbocycles. The molecule has 1 heterocycles. The van der Waals surface area contributed by atoms with Gasteiger partial charge in [0.15, 0.2) is 6.23 Å². The van der Waals surface area contributed by atoms with Crippen molar-refractivity contribution in [1.29, 1.82) is 5.53 Å². The molecule has 1 saturated heterocycles. The van der Waals surface area contributed by atoms with Gasteiger partial charge in [-0.25, -0.2) is 5.01 Å². The molecule has 1 amide bonds. The first-order valence-corrected chi connectivity index (χ1v) is 3.24. The summed E-state index contributed by atoms with van der Waals surface area (Å²) in [6.07, 6.45) is -0.641. The second-order valence-electron chi connectivity index (χ2n) is 2.13. The molecule has 11 heavy (non-hydrogen) atoms. The molecule has 2 N–H and O–H groups in total. The second-order valence-corrected chi connectivity index (χ2v) is 2.13. The largest absolute Gasteiger partial charge is 0.357 e. The molecule has 6 heteroatoms. The minimum Gasteiger partial charge on any atom is -0.357 e. The summed E-state index contributed by atoms with van der Waals surface area (Å²) in [6.45, 7) is 1.04. The van der Waals surface area contributed by atoms with Gasteiger partial charge in [0.1, 0.15) is 0 Å². The van der Waals surface area contributed by atoms with Crippen LogP contribution in [-0.2, 0) is 9.53 Å². The molecular weight excluding hydrogens is 148 g/mol. The van der Waals surface area contributed by atoms with E-state index in [4.69, 9.17) is 10.3 Å². The Morgan fingerprint density at radius 1 is 1.91 bits per heavy atom. The van der Waals surface area contributed by atoms with Crippen LogP contribution in [0.3, 0.4) is 0 Å². The van der Waals surface area contributed by atoms with Gasteiger partial charge in [-0.15, -0.1) is 0 Å². The lowest BCUT2D eigenvalue weighted by Crippen LogP contribution is -2.53. The Balaban J connectivity index is 2.59. The number of nitrogens with one attached hydrogen (secondary N) is 2. The Kier molecular flexibility index (Phi) is 2.50. The van der Waals surface area contributed by atoms with Gasteiger partial charge >= 0.3 is 0 Å². The summed E-state index contributed by atoms with van der Waals surface area (Å²) in [5, 5.41) is 6.94. The third-order valence-electron chi connectivity index (χ3n) is 1.49. The molecule has 0 radical (unpaired) electrons. The zero-order valence-electron chi connectivity index (χ0n) is 6.20. The van der Waals surface area contributed by atoms with E-state index in [9.17, 15) is 4.79 Å². The molecule has 1 aliphatic heterocycles. The van der Waals surface area contributed by atoms with Crippen molar-refractivity contribution in [3.63, 3.8) is 0 Å². The molecule has 0 aromatic heterocycles. The fraction of sp³-hybridized carbons (Fsp3) is 0.800. The Morgan fingerprint density at radius 2 is 2.64 bits per heavy atom. The van der Waals surface area contributed by atoms with Crippen LogP contribution in [0.15, 0.2) is 5.22 Å². The topological polar surface area (TPSA) is 77.8 Å². The van der Waals surface area contributed by atoms with Gasteiger partial charge in [0.25, 0.3) is 5.91 Å². The monoisotopic (exact) mass is 158 g/mol. The molecule has 0 aromatic rings. The molecule has 62 valence electrons. The maximum atomic E-state index is 11.1. The maximum absolute atomic E-state index is 11.1. The van der Waals surface area contributed by atoms with Gasteiger partial charge in [0.2, 0.25) is 0 Å². The standard InChI is InChI=1S/C5H10N4O2/c1-11-4-5(10)9(8-6)3-2-7-4/h4,6-7H,2-3H2,1H3. The fourth-order valence-electron chi connectivity index (χ4n) is 0.918. The highest BCUT2D eigenvalue weighted by molar-refractivity contribution is 5.80. The van der Waals surface area contributed by atoms with E-state index in [1.807, 2.05) is 0 Å². The highest BCUT2D eigenvalue weighted by Crippen LogP contribution is 2.01. The van der Waals surface area contributed by atoms with Crippen molar-refractivity contribution >= 4 is 5.91 Å². The number of hydrogen-bond donors (Lipinski definition) is 2. The highest BCUT2D eigenvalue weighted by Gasteiger charge is 2.27. The van der Waals surface area contributed by atoms with E-state index in [2.05, 4.69) is 10.5 Å². The van der Waals surface area contributed by atoms with Crippen LogP contribution in [0.1, 0.15) is 0 Å². The number of rotatable bonds is 2. The van der Waals surface area contributed by atoms with Crippen LogP contribution in [-0.4, -0.2) is 37.3 Å². The molecule has 0 aliphatic carbocycles. The number of carbonyl (C=O) groups is 1. The number of piperazine rings is 1. The highest BCUT2D eigenvalue weighted by atomic mass is 16.5. The van der Waals surface area contributed by atoms with E-state index in [1.54, 1.807) is 0 Å².